The Morgan fingerprint density at radius 2 is 2.33 bits per heavy atom. The van der Waals surface area contributed by atoms with Crippen LogP contribution in [0.15, 0.2) is 16.7 Å². The molecule has 3 N–H and O–H groups in total. The first-order valence-electron chi connectivity index (χ1n) is 5.40. The van der Waals surface area contributed by atoms with Crippen molar-refractivity contribution in [3.63, 3.8) is 0 Å². The van der Waals surface area contributed by atoms with E-state index in [2.05, 4.69) is 26.2 Å². The Kier molecular flexibility index (Phi) is 3.46. The minimum absolute atomic E-state index is 0.706. The van der Waals surface area contributed by atoms with Crippen LogP contribution < -0.4 is 11.1 Å². The van der Waals surface area contributed by atoms with Crippen molar-refractivity contribution in [3.05, 3.63) is 16.7 Å². The summed E-state index contributed by atoms with van der Waals surface area (Å²) in [6, 6.07) is 1.87. The van der Waals surface area contributed by atoms with Gasteiger partial charge in [0.15, 0.2) is 0 Å². The van der Waals surface area contributed by atoms with Gasteiger partial charge in [-0.15, -0.1) is 0 Å². The van der Waals surface area contributed by atoms with Gasteiger partial charge in [-0.2, -0.15) is 0 Å². The molecule has 0 atom stereocenters. The van der Waals surface area contributed by atoms with Gasteiger partial charge < -0.3 is 11.1 Å². The van der Waals surface area contributed by atoms with Crippen LogP contribution in [0.5, 0.6) is 0 Å². The molecule has 1 aliphatic carbocycles. The monoisotopic (exact) mass is 269 g/mol. The Morgan fingerprint density at radius 3 is 2.93 bits per heavy atom. The van der Waals surface area contributed by atoms with E-state index in [-0.39, 0.29) is 0 Å². The molecule has 1 heterocycles. The first kappa shape index (κ1) is 10.7. The van der Waals surface area contributed by atoms with Gasteiger partial charge in [-0.25, -0.2) is 4.98 Å². The van der Waals surface area contributed by atoms with Crippen LogP contribution in [0.4, 0.5) is 11.5 Å². The van der Waals surface area contributed by atoms with Crippen molar-refractivity contribution in [3.8, 4) is 0 Å². The van der Waals surface area contributed by atoms with Gasteiger partial charge in [0.25, 0.3) is 0 Å². The van der Waals surface area contributed by atoms with E-state index in [9.17, 15) is 0 Å². The van der Waals surface area contributed by atoms with Crippen LogP contribution >= 0.6 is 15.9 Å². The molecule has 0 bridgehead atoms. The van der Waals surface area contributed by atoms with E-state index < -0.39 is 0 Å². The number of rotatable bonds is 4. The minimum Gasteiger partial charge on any atom is -0.396 e. The smallest absolute Gasteiger partial charge is 0.149 e. The summed E-state index contributed by atoms with van der Waals surface area (Å²) in [7, 11) is 0. The second-order valence-corrected chi connectivity index (χ2v) is 5.02. The van der Waals surface area contributed by atoms with Crippen LogP contribution in [-0.2, 0) is 0 Å². The van der Waals surface area contributed by atoms with Gasteiger partial charge >= 0.3 is 0 Å². The molecule has 4 heteroatoms. The molecule has 1 fully saturated rings. The lowest BCUT2D eigenvalue weighted by Gasteiger charge is -2.25. The van der Waals surface area contributed by atoms with E-state index in [1.807, 2.05) is 6.07 Å². The Hall–Kier alpha value is -0.770. The van der Waals surface area contributed by atoms with Crippen LogP contribution in [0, 0.1) is 5.92 Å². The normalized spacial score (nSPS) is 16.1. The Morgan fingerprint density at radius 1 is 1.53 bits per heavy atom. The highest BCUT2D eigenvalue weighted by molar-refractivity contribution is 9.10. The van der Waals surface area contributed by atoms with Gasteiger partial charge in [0.05, 0.1) is 5.69 Å². The lowest BCUT2D eigenvalue weighted by Crippen LogP contribution is -2.16. The van der Waals surface area contributed by atoms with Crippen LogP contribution in [0.25, 0.3) is 0 Å². The average Bonchev–Trinajstić information content (AvgIpc) is 2.12. The molecule has 2 rings (SSSR count). The highest BCUT2D eigenvalue weighted by atomic mass is 79.9. The maximum Gasteiger partial charge on any atom is 0.149 e. The first-order valence-corrected chi connectivity index (χ1v) is 6.20. The van der Waals surface area contributed by atoms with E-state index in [4.69, 9.17) is 5.73 Å². The molecule has 15 heavy (non-hydrogen) atoms. The number of hydrogen-bond donors (Lipinski definition) is 2. The van der Waals surface area contributed by atoms with E-state index in [0.29, 0.717) is 5.69 Å². The zero-order valence-electron chi connectivity index (χ0n) is 8.67. The summed E-state index contributed by atoms with van der Waals surface area (Å²) in [5.74, 6) is 1.73. The van der Waals surface area contributed by atoms with Gasteiger partial charge in [0, 0.05) is 17.2 Å². The molecule has 0 saturated heterocycles. The van der Waals surface area contributed by atoms with Crippen LogP contribution in [0.2, 0.25) is 0 Å². The van der Waals surface area contributed by atoms with E-state index in [1.54, 1.807) is 6.20 Å². The van der Waals surface area contributed by atoms with Gasteiger partial charge in [-0.1, -0.05) is 19.3 Å². The third-order valence-corrected chi connectivity index (χ3v) is 3.39. The van der Waals surface area contributed by atoms with Gasteiger partial charge in [-0.3, -0.25) is 0 Å². The molecule has 0 aromatic carbocycles. The molecule has 1 aromatic heterocycles. The molecule has 82 valence electrons. The number of nitrogen functional groups attached to an aromatic ring is 1. The quantitative estimate of drug-likeness (QED) is 0.884. The summed E-state index contributed by atoms with van der Waals surface area (Å²) in [6.07, 6.45) is 7.19. The summed E-state index contributed by atoms with van der Waals surface area (Å²) in [4.78, 5) is 4.24. The van der Waals surface area contributed by atoms with Crippen LogP contribution in [0.3, 0.4) is 0 Å². The van der Waals surface area contributed by atoms with Crippen molar-refractivity contribution < 1.29 is 0 Å². The Balaban J connectivity index is 1.81. The summed E-state index contributed by atoms with van der Waals surface area (Å²) in [6.45, 7) is 0.976. The fourth-order valence-electron chi connectivity index (χ4n) is 1.78. The topological polar surface area (TPSA) is 50.9 Å². The molecule has 0 radical (unpaired) electrons. The third kappa shape index (κ3) is 2.84. The van der Waals surface area contributed by atoms with Crippen molar-refractivity contribution in [1.29, 1.82) is 0 Å². The predicted octanol–water partition coefficient (Wildman–Crippen LogP) is 3.03. The number of hydrogen-bond acceptors (Lipinski definition) is 3. The summed E-state index contributed by atoms with van der Waals surface area (Å²) >= 11 is 3.34. The number of halogens is 1. The third-order valence-electron chi connectivity index (χ3n) is 2.95. The van der Waals surface area contributed by atoms with Crippen molar-refractivity contribution in [2.75, 3.05) is 17.6 Å². The number of nitrogens with two attached hydrogens (primary N) is 1. The molecule has 1 aliphatic rings. The molecular formula is C11H16BrN3. The first-order chi connectivity index (χ1) is 7.25. The lowest BCUT2D eigenvalue weighted by atomic mass is 9.83. The maximum atomic E-state index is 5.83. The fraction of sp³-hybridized carbons (Fsp3) is 0.545. The summed E-state index contributed by atoms with van der Waals surface area (Å²) in [5, 5.41) is 3.28. The molecule has 0 aliphatic heterocycles. The van der Waals surface area contributed by atoms with E-state index in [0.717, 1.165) is 22.8 Å². The minimum atomic E-state index is 0.706. The van der Waals surface area contributed by atoms with Crippen molar-refractivity contribution in [1.82, 2.24) is 4.98 Å². The van der Waals surface area contributed by atoms with E-state index in [1.165, 1.54) is 25.7 Å². The summed E-state index contributed by atoms with van der Waals surface area (Å²) < 4.78 is 0.921. The zero-order chi connectivity index (χ0) is 10.7. The molecular weight excluding hydrogens is 254 g/mol. The molecule has 0 spiro atoms. The predicted molar refractivity (Wildman–Crippen MR) is 66.8 cm³/mol. The van der Waals surface area contributed by atoms with Crippen molar-refractivity contribution >= 4 is 27.4 Å². The van der Waals surface area contributed by atoms with Gasteiger partial charge in [0.1, 0.15) is 5.82 Å². The second-order valence-electron chi connectivity index (χ2n) is 4.10. The Labute approximate surface area is 98.6 Å². The van der Waals surface area contributed by atoms with Crippen molar-refractivity contribution in [2.45, 2.75) is 25.7 Å². The van der Waals surface area contributed by atoms with Gasteiger partial charge in [-0.05, 0) is 34.3 Å². The molecule has 1 aromatic rings. The number of nitrogens with one attached hydrogen (secondary N) is 1. The number of aromatic nitrogens is 1. The lowest BCUT2D eigenvalue weighted by molar-refractivity contribution is 0.303. The number of anilines is 2. The number of pyridine rings is 1. The summed E-state index contributed by atoms with van der Waals surface area (Å²) in [5.41, 5.74) is 6.54. The maximum absolute atomic E-state index is 5.83. The molecule has 1 saturated carbocycles. The Bertz CT molecular complexity index is 337. The standard InChI is InChI=1S/C11H16BrN3/c12-9-6-10(13)11(15-7-9)14-5-4-8-2-1-3-8/h6-8H,1-5,13H2,(H,14,15). The van der Waals surface area contributed by atoms with Crippen LogP contribution in [0.1, 0.15) is 25.7 Å². The largest absolute Gasteiger partial charge is 0.396 e. The van der Waals surface area contributed by atoms with E-state index >= 15 is 0 Å². The average molecular weight is 270 g/mol. The highest BCUT2D eigenvalue weighted by Crippen LogP contribution is 2.29. The SMILES string of the molecule is Nc1cc(Br)cnc1NCCC1CCC1. The van der Waals surface area contributed by atoms with Crippen molar-refractivity contribution in [2.24, 2.45) is 5.92 Å². The molecule has 3 nitrogen and oxygen atoms in total. The number of nitrogens with zero attached hydrogens (tertiary/aromatic N) is 1. The van der Waals surface area contributed by atoms with Crippen LogP contribution in [-0.4, -0.2) is 11.5 Å². The second kappa shape index (κ2) is 4.84. The fourth-order valence-corrected chi connectivity index (χ4v) is 2.13. The highest BCUT2D eigenvalue weighted by Gasteiger charge is 2.16. The molecule has 0 unspecified atom stereocenters. The van der Waals surface area contributed by atoms with Gasteiger partial charge in [0.2, 0.25) is 0 Å². The molecule has 0 amide bonds. The zero-order valence-corrected chi connectivity index (χ0v) is 10.3.